The number of carbonyl (C=O) groups is 2. The van der Waals surface area contributed by atoms with Gasteiger partial charge in [-0.15, -0.1) is 0 Å². The molecular formula is C30H41NO6. The van der Waals surface area contributed by atoms with Crippen molar-refractivity contribution in [2.24, 2.45) is 29.1 Å². The van der Waals surface area contributed by atoms with Gasteiger partial charge in [-0.05, 0) is 61.2 Å². The summed E-state index contributed by atoms with van der Waals surface area (Å²) in [5.41, 5.74) is -1.61. The van der Waals surface area contributed by atoms with Crippen LogP contribution >= 0.6 is 0 Å². The first-order valence-electron chi connectivity index (χ1n) is 13.4. The Labute approximate surface area is 219 Å². The van der Waals surface area contributed by atoms with Crippen LogP contribution < -0.4 is 5.32 Å². The Morgan fingerprint density at radius 3 is 2.43 bits per heavy atom. The predicted molar refractivity (Wildman–Crippen MR) is 140 cm³/mol. The van der Waals surface area contributed by atoms with Gasteiger partial charge in [0.25, 0.3) is 0 Å². The summed E-state index contributed by atoms with van der Waals surface area (Å²) in [6, 6.07) is 9.39. The third-order valence-electron chi connectivity index (χ3n) is 8.79. The standard InChI is InChI=1S/C30H41NO6/c1-17-11-12-25(37-20(4)32)30-22(27(34)24(33)14-18(2)13-17)16-29(5,36)19(3)26(30)23(31-28(30)35)15-21-9-7-6-8-10-21/h6-12,16-19,23-27,33-34,36H,13-15H2,1-5H3,(H,31,35)/b12-11+/t17-,18+,19+,23+,24+,25-,26+,27-,29+,30-/m1/s1. The molecular weight excluding hydrogens is 470 g/mol. The second kappa shape index (κ2) is 10.4. The number of benzene rings is 1. The fourth-order valence-corrected chi connectivity index (χ4v) is 7.01. The zero-order chi connectivity index (χ0) is 27.1. The Morgan fingerprint density at radius 2 is 1.78 bits per heavy atom. The molecule has 1 amide bonds. The molecule has 0 unspecified atom stereocenters. The van der Waals surface area contributed by atoms with Crippen LogP contribution in [0.25, 0.3) is 0 Å². The van der Waals surface area contributed by atoms with Crippen molar-refractivity contribution in [3.63, 3.8) is 0 Å². The van der Waals surface area contributed by atoms with E-state index in [0.29, 0.717) is 12.8 Å². The van der Waals surface area contributed by atoms with Crippen LogP contribution in [0, 0.1) is 29.1 Å². The van der Waals surface area contributed by atoms with Gasteiger partial charge in [0.2, 0.25) is 5.91 Å². The van der Waals surface area contributed by atoms with E-state index in [0.717, 1.165) is 12.0 Å². The molecule has 3 aliphatic rings. The van der Waals surface area contributed by atoms with Gasteiger partial charge in [-0.2, -0.15) is 0 Å². The SMILES string of the molecule is CC(=O)O[C@@H]1/C=C/[C@@H](C)C[C@H](C)C[C@H](O)[C@H](O)C2=C[C@](C)(O)[C@@H](C)[C@H]3[C@H](Cc4ccccc4)NC(=O)[C@@]231. The molecule has 1 spiro atoms. The van der Waals surface area contributed by atoms with E-state index in [1.54, 1.807) is 13.0 Å². The van der Waals surface area contributed by atoms with Gasteiger partial charge in [0, 0.05) is 18.9 Å². The molecule has 202 valence electrons. The second-order valence-corrected chi connectivity index (χ2v) is 11.8. The number of esters is 1. The molecule has 7 nitrogen and oxygen atoms in total. The van der Waals surface area contributed by atoms with Gasteiger partial charge in [0.1, 0.15) is 17.6 Å². The first-order valence-corrected chi connectivity index (χ1v) is 13.4. The Bertz CT molecular complexity index is 1070. The average Bonchev–Trinajstić information content (AvgIpc) is 3.10. The topological polar surface area (TPSA) is 116 Å². The number of hydrogen-bond donors (Lipinski definition) is 4. The summed E-state index contributed by atoms with van der Waals surface area (Å²) in [5, 5.41) is 37.5. The molecule has 1 aliphatic heterocycles. The molecule has 1 fully saturated rings. The Morgan fingerprint density at radius 1 is 1.11 bits per heavy atom. The van der Waals surface area contributed by atoms with Gasteiger partial charge >= 0.3 is 5.97 Å². The quantitative estimate of drug-likeness (QED) is 0.366. The second-order valence-electron chi connectivity index (χ2n) is 11.8. The van der Waals surface area contributed by atoms with E-state index in [9.17, 15) is 24.9 Å². The molecule has 4 rings (SSSR count). The van der Waals surface area contributed by atoms with Crippen molar-refractivity contribution in [2.45, 2.75) is 83.8 Å². The summed E-state index contributed by atoms with van der Waals surface area (Å²) in [5.74, 6) is -1.66. The van der Waals surface area contributed by atoms with E-state index in [2.05, 4.69) is 5.32 Å². The van der Waals surface area contributed by atoms with Crippen molar-refractivity contribution in [1.82, 2.24) is 5.32 Å². The Balaban J connectivity index is 1.96. The number of rotatable bonds is 3. The van der Waals surface area contributed by atoms with Crippen LogP contribution in [0.4, 0.5) is 0 Å². The number of aliphatic hydroxyl groups is 3. The lowest BCUT2D eigenvalue weighted by Crippen LogP contribution is -2.60. The monoisotopic (exact) mass is 511 g/mol. The molecule has 0 bridgehead atoms. The van der Waals surface area contributed by atoms with Gasteiger partial charge in [-0.1, -0.05) is 63.3 Å². The number of hydrogen-bond acceptors (Lipinski definition) is 6. The zero-order valence-electron chi connectivity index (χ0n) is 22.4. The van der Waals surface area contributed by atoms with E-state index in [-0.39, 0.29) is 23.3 Å². The van der Waals surface area contributed by atoms with Crippen molar-refractivity contribution in [3.05, 3.63) is 59.7 Å². The minimum atomic E-state index is -1.49. The minimum absolute atomic E-state index is 0.103. The maximum atomic E-state index is 14.2. The fourth-order valence-electron chi connectivity index (χ4n) is 7.01. The van der Waals surface area contributed by atoms with E-state index in [1.165, 1.54) is 13.0 Å². The van der Waals surface area contributed by atoms with Crippen LogP contribution in [-0.2, 0) is 20.7 Å². The predicted octanol–water partition coefficient (Wildman–Crippen LogP) is 2.93. The summed E-state index contributed by atoms with van der Waals surface area (Å²) >= 11 is 0. The highest BCUT2D eigenvalue weighted by Crippen LogP contribution is 2.58. The molecule has 0 aromatic heterocycles. The lowest BCUT2D eigenvalue weighted by molar-refractivity contribution is -0.158. The highest BCUT2D eigenvalue weighted by Gasteiger charge is 2.68. The minimum Gasteiger partial charge on any atom is -0.457 e. The number of aliphatic hydroxyl groups excluding tert-OH is 2. The van der Waals surface area contributed by atoms with Crippen LogP contribution in [0.1, 0.15) is 53.0 Å². The molecule has 4 N–H and O–H groups in total. The smallest absolute Gasteiger partial charge is 0.303 e. The summed E-state index contributed by atoms with van der Waals surface area (Å²) in [7, 11) is 0. The number of nitrogens with one attached hydrogen (secondary N) is 1. The first-order chi connectivity index (χ1) is 17.4. The van der Waals surface area contributed by atoms with E-state index in [4.69, 9.17) is 4.74 Å². The highest BCUT2D eigenvalue weighted by atomic mass is 16.5. The summed E-state index contributed by atoms with van der Waals surface area (Å²) in [4.78, 5) is 26.6. The molecule has 10 atom stereocenters. The molecule has 1 heterocycles. The third-order valence-corrected chi connectivity index (χ3v) is 8.79. The van der Waals surface area contributed by atoms with Crippen LogP contribution in [0.2, 0.25) is 0 Å². The lowest BCUT2D eigenvalue weighted by atomic mass is 9.53. The highest BCUT2D eigenvalue weighted by molar-refractivity contribution is 5.91. The van der Waals surface area contributed by atoms with E-state index < -0.39 is 53.2 Å². The number of amides is 1. The van der Waals surface area contributed by atoms with Gasteiger partial charge in [0.05, 0.1) is 11.7 Å². The maximum Gasteiger partial charge on any atom is 0.303 e. The van der Waals surface area contributed by atoms with E-state index in [1.807, 2.05) is 57.2 Å². The maximum absolute atomic E-state index is 14.2. The van der Waals surface area contributed by atoms with Crippen LogP contribution in [0.15, 0.2) is 54.1 Å². The number of carbonyl (C=O) groups excluding carboxylic acids is 2. The normalized spacial score (nSPS) is 42.9. The summed E-state index contributed by atoms with van der Waals surface area (Å²) in [6.45, 7) is 8.94. The van der Waals surface area contributed by atoms with Crippen molar-refractivity contribution >= 4 is 11.9 Å². The fraction of sp³-hybridized carbons (Fsp3) is 0.600. The molecule has 1 aromatic carbocycles. The van der Waals surface area contributed by atoms with Gasteiger partial charge < -0.3 is 25.4 Å². The van der Waals surface area contributed by atoms with Crippen LogP contribution in [0.5, 0.6) is 0 Å². The lowest BCUT2D eigenvalue weighted by Gasteiger charge is -2.51. The van der Waals surface area contributed by atoms with Crippen molar-refractivity contribution in [1.29, 1.82) is 0 Å². The molecule has 37 heavy (non-hydrogen) atoms. The average molecular weight is 512 g/mol. The van der Waals surface area contributed by atoms with Crippen LogP contribution in [-0.4, -0.2) is 57.2 Å². The van der Waals surface area contributed by atoms with Crippen molar-refractivity contribution in [3.8, 4) is 0 Å². The molecule has 0 saturated carbocycles. The molecule has 1 saturated heterocycles. The summed E-state index contributed by atoms with van der Waals surface area (Å²) < 4.78 is 5.88. The molecule has 0 radical (unpaired) electrons. The van der Waals surface area contributed by atoms with Crippen molar-refractivity contribution < 1.29 is 29.6 Å². The third kappa shape index (κ3) is 5.01. The van der Waals surface area contributed by atoms with E-state index >= 15 is 0 Å². The largest absolute Gasteiger partial charge is 0.457 e. The van der Waals surface area contributed by atoms with Gasteiger partial charge in [0.15, 0.2) is 0 Å². The number of ether oxygens (including phenoxy) is 1. The first kappa shape index (κ1) is 27.6. The van der Waals surface area contributed by atoms with Gasteiger partial charge in [-0.25, -0.2) is 0 Å². The van der Waals surface area contributed by atoms with Crippen molar-refractivity contribution in [2.75, 3.05) is 0 Å². The summed E-state index contributed by atoms with van der Waals surface area (Å²) in [6.07, 6.45) is 3.31. The zero-order valence-corrected chi connectivity index (χ0v) is 22.4. The molecule has 7 heteroatoms. The number of allylic oxidation sites excluding steroid dienone is 1. The molecule has 1 aromatic rings. The van der Waals surface area contributed by atoms with Crippen LogP contribution in [0.3, 0.4) is 0 Å². The molecule has 2 aliphatic carbocycles. The Kier molecular flexibility index (Phi) is 7.71. The Hall–Kier alpha value is -2.48. The van der Waals surface area contributed by atoms with Gasteiger partial charge in [-0.3, -0.25) is 9.59 Å².